The molecule has 0 aliphatic carbocycles. The van der Waals surface area contributed by atoms with E-state index in [2.05, 4.69) is 0 Å². The first kappa shape index (κ1) is 18.4. The molecule has 2 fully saturated rings. The predicted molar refractivity (Wildman–Crippen MR) is 93.9 cm³/mol. The molecule has 0 unspecified atom stereocenters. The van der Waals surface area contributed by atoms with Gasteiger partial charge in [-0.1, -0.05) is 12.1 Å². The fourth-order valence-corrected chi connectivity index (χ4v) is 3.85. The van der Waals surface area contributed by atoms with Crippen LogP contribution in [0.1, 0.15) is 26.2 Å². The maximum atomic E-state index is 12.9. The third kappa shape index (κ3) is 3.44. The van der Waals surface area contributed by atoms with Gasteiger partial charge in [0, 0.05) is 12.8 Å². The summed E-state index contributed by atoms with van der Waals surface area (Å²) in [6, 6.07) is 6.65. The van der Waals surface area contributed by atoms with Gasteiger partial charge in [0.1, 0.15) is 5.75 Å². The number of carbonyl (C=O) groups is 3. The average Bonchev–Trinajstić information content (AvgIpc) is 2.96. The quantitative estimate of drug-likeness (QED) is 0.598. The molecule has 2 saturated heterocycles. The van der Waals surface area contributed by atoms with E-state index in [0.717, 1.165) is 4.90 Å². The highest BCUT2D eigenvalue weighted by atomic mass is 16.5. The summed E-state index contributed by atoms with van der Waals surface area (Å²) in [6.07, 6.45) is 1.55. The first-order valence-electron chi connectivity index (χ1n) is 9.07. The summed E-state index contributed by atoms with van der Waals surface area (Å²) in [7, 11) is 1.52. The van der Waals surface area contributed by atoms with Crippen molar-refractivity contribution in [1.29, 1.82) is 0 Å². The number of nitrogens with one attached hydrogen (secondary N) is 1. The SMILES string of the molecule is CCOC(=O)C1CC[NH+]([C@H]2CC(=O)N(c3ccccc3OC)C2=O)CC1. The molecule has 2 aliphatic rings. The lowest BCUT2D eigenvalue weighted by Gasteiger charge is -2.31. The number of piperidine rings is 1. The van der Waals surface area contributed by atoms with Crippen LogP contribution in [0.2, 0.25) is 0 Å². The molecule has 2 aliphatic heterocycles. The molecule has 7 nitrogen and oxygen atoms in total. The molecule has 7 heteroatoms. The molecule has 3 rings (SSSR count). The van der Waals surface area contributed by atoms with Gasteiger partial charge in [-0.25, -0.2) is 4.90 Å². The second kappa shape index (κ2) is 7.86. The summed E-state index contributed by atoms with van der Waals surface area (Å²) in [5, 5.41) is 0. The maximum absolute atomic E-state index is 12.9. The molecule has 140 valence electrons. The number of anilines is 1. The molecule has 2 amide bonds. The van der Waals surface area contributed by atoms with Gasteiger partial charge < -0.3 is 14.4 Å². The number of methoxy groups -OCH3 is 1. The molecular formula is C19H25N2O5+. The van der Waals surface area contributed by atoms with Gasteiger partial charge in [-0.3, -0.25) is 14.4 Å². The normalized spacial score (nSPS) is 26.1. The number of rotatable bonds is 5. The van der Waals surface area contributed by atoms with E-state index < -0.39 is 6.04 Å². The van der Waals surface area contributed by atoms with E-state index in [9.17, 15) is 14.4 Å². The highest BCUT2D eigenvalue weighted by Gasteiger charge is 2.47. The number of ether oxygens (including phenoxy) is 2. The van der Waals surface area contributed by atoms with Gasteiger partial charge in [0.05, 0.1) is 44.8 Å². The van der Waals surface area contributed by atoms with Crippen LogP contribution in [0.15, 0.2) is 24.3 Å². The van der Waals surface area contributed by atoms with Crippen molar-refractivity contribution in [1.82, 2.24) is 0 Å². The zero-order valence-corrected chi connectivity index (χ0v) is 15.2. The van der Waals surface area contributed by atoms with E-state index in [0.29, 0.717) is 44.0 Å². The van der Waals surface area contributed by atoms with Crippen LogP contribution >= 0.6 is 0 Å². The van der Waals surface area contributed by atoms with E-state index in [1.807, 2.05) is 0 Å². The smallest absolute Gasteiger partial charge is 0.309 e. The third-order valence-corrected chi connectivity index (χ3v) is 5.21. The van der Waals surface area contributed by atoms with Crippen LogP contribution in [0.3, 0.4) is 0 Å². The molecular weight excluding hydrogens is 336 g/mol. The van der Waals surface area contributed by atoms with Crippen molar-refractivity contribution in [3.63, 3.8) is 0 Å². The highest BCUT2D eigenvalue weighted by molar-refractivity contribution is 6.22. The molecule has 26 heavy (non-hydrogen) atoms. The van der Waals surface area contributed by atoms with Crippen molar-refractivity contribution in [3.8, 4) is 5.75 Å². The first-order chi connectivity index (χ1) is 12.6. The second-order valence-electron chi connectivity index (χ2n) is 6.68. The van der Waals surface area contributed by atoms with Gasteiger partial charge >= 0.3 is 5.97 Å². The Labute approximate surface area is 152 Å². The summed E-state index contributed by atoms with van der Waals surface area (Å²) in [5.41, 5.74) is 0.494. The Morgan fingerprint density at radius 3 is 2.58 bits per heavy atom. The summed E-state index contributed by atoms with van der Waals surface area (Å²) in [6.45, 7) is 3.56. The van der Waals surface area contributed by atoms with E-state index in [4.69, 9.17) is 9.47 Å². The van der Waals surface area contributed by atoms with Crippen LogP contribution < -0.4 is 14.5 Å². The van der Waals surface area contributed by atoms with Crippen LogP contribution in [0.4, 0.5) is 5.69 Å². The minimum absolute atomic E-state index is 0.101. The molecule has 0 radical (unpaired) electrons. The molecule has 0 bridgehead atoms. The number of imide groups is 1. The zero-order chi connectivity index (χ0) is 18.7. The average molecular weight is 361 g/mol. The Bertz CT molecular complexity index is 697. The van der Waals surface area contributed by atoms with Crippen LogP contribution in [0.25, 0.3) is 0 Å². The van der Waals surface area contributed by atoms with Gasteiger partial charge in [-0.05, 0) is 19.1 Å². The number of para-hydroxylation sites is 2. The van der Waals surface area contributed by atoms with Crippen molar-refractivity contribution >= 4 is 23.5 Å². The topological polar surface area (TPSA) is 77.3 Å². The van der Waals surface area contributed by atoms with Crippen LogP contribution in [0, 0.1) is 5.92 Å². The van der Waals surface area contributed by atoms with Crippen molar-refractivity contribution < 1.29 is 28.8 Å². The van der Waals surface area contributed by atoms with E-state index >= 15 is 0 Å². The number of hydrogen-bond acceptors (Lipinski definition) is 5. The molecule has 2 heterocycles. The number of benzene rings is 1. The molecule has 0 spiro atoms. The summed E-state index contributed by atoms with van der Waals surface area (Å²) in [4.78, 5) is 39.7. The minimum Gasteiger partial charge on any atom is -0.495 e. The Morgan fingerprint density at radius 1 is 1.23 bits per heavy atom. The second-order valence-corrected chi connectivity index (χ2v) is 6.68. The fraction of sp³-hybridized carbons (Fsp3) is 0.526. The van der Waals surface area contributed by atoms with E-state index in [1.165, 1.54) is 12.0 Å². The number of hydrogen-bond donors (Lipinski definition) is 1. The number of carbonyl (C=O) groups excluding carboxylic acids is 3. The summed E-state index contributed by atoms with van der Waals surface area (Å²) in [5.74, 6) is -0.147. The van der Waals surface area contributed by atoms with E-state index in [1.54, 1.807) is 31.2 Å². The predicted octanol–water partition coefficient (Wildman–Crippen LogP) is 0.185. The molecule has 1 aromatic rings. The van der Waals surface area contributed by atoms with E-state index in [-0.39, 0.29) is 30.1 Å². The number of nitrogens with zero attached hydrogens (tertiary/aromatic N) is 1. The Kier molecular flexibility index (Phi) is 5.56. The lowest BCUT2D eigenvalue weighted by molar-refractivity contribution is -0.920. The molecule has 0 aromatic heterocycles. The Morgan fingerprint density at radius 2 is 1.92 bits per heavy atom. The Balaban J connectivity index is 1.69. The number of quaternary nitrogens is 1. The Hall–Kier alpha value is -2.41. The van der Waals surface area contributed by atoms with Gasteiger partial charge in [-0.2, -0.15) is 0 Å². The number of likely N-dealkylation sites (tertiary alicyclic amines) is 1. The lowest BCUT2D eigenvalue weighted by Crippen LogP contribution is -3.17. The van der Waals surface area contributed by atoms with Crippen molar-refractivity contribution in [3.05, 3.63) is 24.3 Å². The van der Waals surface area contributed by atoms with Crippen molar-refractivity contribution in [2.75, 3.05) is 31.7 Å². The molecule has 1 aromatic carbocycles. The third-order valence-electron chi connectivity index (χ3n) is 5.21. The molecule has 1 N–H and O–H groups in total. The van der Waals surface area contributed by atoms with Gasteiger partial charge in [-0.15, -0.1) is 0 Å². The first-order valence-corrected chi connectivity index (χ1v) is 9.07. The zero-order valence-electron chi connectivity index (χ0n) is 15.2. The standard InChI is InChI=1S/C19H24N2O5/c1-3-26-19(24)13-8-10-20(11-9-13)15-12-17(22)21(18(15)23)14-6-4-5-7-16(14)25-2/h4-7,13,15H,3,8-12H2,1-2H3/p+1/t15-/m0/s1. The van der Waals surface area contributed by atoms with Crippen molar-refractivity contribution in [2.45, 2.75) is 32.2 Å². The maximum Gasteiger partial charge on any atom is 0.309 e. The lowest BCUT2D eigenvalue weighted by atomic mass is 9.95. The minimum atomic E-state index is -0.393. The summed E-state index contributed by atoms with van der Waals surface area (Å²) >= 11 is 0. The molecule has 1 atom stereocenters. The van der Waals surface area contributed by atoms with Gasteiger partial charge in [0.25, 0.3) is 5.91 Å². The van der Waals surface area contributed by atoms with Crippen LogP contribution in [-0.2, 0) is 19.1 Å². The van der Waals surface area contributed by atoms with Gasteiger partial charge in [0.15, 0.2) is 6.04 Å². The van der Waals surface area contributed by atoms with Gasteiger partial charge in [0.2, 0.25) is 5.91 Å². The summed E-state index contributed by atoms with van der Waals surface area (Å²) < 4.78 is 10.4. The van der Waals surface area contributed by atoms with Crippen LogP contribution in [0.5, 0.6) is 5.75 Å². The highest BCUT2D eigenvalue weighted by Crippen LogP contribution is 2.31. The number of amides is 2. The fourth-order valence-electron chi connectivity index (χ4n) is 3.85. The molecule has 0 saturated carbocycles. The van der Waals surface area contributed by atoms with Crippen molar-refractivity contribution in [2.24, 2.45) is 5.92 Å². The number of esters is 1. The van der Waals surface area contributed by atoms with Crippen LogP contribution in [-0.4, -0.2) is 50.6 Å². The monoisotopic (exact) mass is 361 g/mol. The largest absolute Gasteiger partial charge is 0.495 e.